The summed E-state index contributed by atoms with van der Waals surface area (Å²) in [6, 6.07) is 5.50. The summed E-state index contributed by atoms with van der Waals surface area (Å²) in [5.41, 5.74) is 0.863. The van der Waals surface area contributed by atoms with Gasteiger partial charge in [-0.1, -0.05) is 0 Å². The molecule has 1 aliphatic rings. The number of hydrogen-bond donors (Lipinski definition) is 0. The van der Waals surface area contributed by atoms with Crippen LogP contribution in [0, 0.1) is 0 Å². The van der Waals surface area contributed by atoms with Gasteiger partial charge in [-0.25, -0.2) is 9.97 Å². The Balaban J connectivity index is 2.20. The summed E-state index contributed by atoms with van der Waals surface area (Å²) in [4.78, 5) is 11.0. The molecule has 1 unspecified atom stereocenters. The van der Waals surface area contributed by atoms with Crippen molar-refractivity contribution in [2.75, 3.05) is 19.1 Å². The molecule has 0 bridgehead atoms. The van der Waals surface area contributed by atoms with Crippen LogP contribution in [0.1, 0.15) is 0 Å². The second-order valence-corrected chi connectivity index (χ2v) is 5.21. The lowest BCUT2D eigenvalue weighted by Gasteiger charge is -2.27. The topological polar surface area (TPSA) is 61.3 Å². The average Bonchev–Trinajstić information content (AvgIpc) is 2.44. The van der Waals surface area contributed by atoms with Crippen LogP contribution in [-0.4, -0.2) is 28.7 Å². The number of aromatic nitrogens is 2. The van der Waals surface area contributed by atoms with Gasteiger partial charge in [0.1, 0.15) is 5.75 Å². The number of methoxy groups -OCH3 is 1. The van der Waals surface area contributed by atoms with Crippen LogP contribution in [0.4, 0.5) is 11.5 Å². The van der Waals surface area contributed by atoms with Gasteiger partial charge in [-0.15, -0.1) is 0 Å². The normalized spacial score (nSPS) is 17.1. The fraction of sp³-hybridized carbons (Fsp3) is 0.167. The van der Waals surface area contributed by atoms with Crippen molar-refractivity contribution < 1.29 is 9.29 Å². The molecule has 0 spiro atoms. The maximum atomic E-state index is 12.4. The van der Waals surface area contributed by atoms with Crippen LogP contribution in [0.3, 0.4) is 0 Å². The largest absolute Gasteiger partial charge is 0.605 e. The molecular formula is C12H11N3O2S. The van der Waals surface area contributed by atoms with Gasteiger partial charge in [-0.3, -0.25) is 0 Å². The molecule has 0 aliphatic carbocycles. The predicted molar refractivity (Wildman–Crippen MR) is 67.8 cm³/mol. The van der Waals surface area contributed by atoms with E-state index in [2.05, 4.69) is 9.97 Å². The van der Waals surface area contributed by atoms with Crippen molar-refractivity contribution in [2.45, 2.75) is 9.92 Å². The molecule has 1 aliphatic heterocycles. The van der Waals surface area contributed by atoms with E-state index < -0.39 is 11.2 Å². The zero-order valence-electron chi connectivity index (χ0n) is 9.95. The van der Waals surface area contributed by atoms with E-state index in [0.717, 1.165) is 5.69 Å². The Morgan fingerprint density at radius 2 is 2.06 bits per heavy atom. The molecule has 6 heteroatoms. The zero-order valence-corrected chi connectivity index (χ0v) is 10.8. The fourth-order valence-corrected chi connectivity index (χ4v) is 3.28. The molecular weight excluding hydrogens is 250 g/mol. The van der Waals surface area contributed by atoms with Crippen LogP contribution in [0.15, 0.2) is 40.5 Å². The highest BCUT2D eigenvalue weighted by Crippen LogP contribution is 2.41. The molecule has 0 amide bonds. The maximum Gasteiger partial charge on any atom is 0.293 e. The summed E-state index contributed by atoms with van der Waals surface area (Å²) in [6.07, 6.45) is 3.15. The van der Waals surface area contributed by atoms with Gasteiger partial charge in [0.15, 0.2) is 4.90 Å². The van der Waals surface area contributed by atoms with Crippen molar-refractivity contribution in [3.8, 4) is 5.75 Å². The number of ether oxygens (including phenoxy) is 1. The molecule has 2 heterocycles. The SMILES string of the molecule is COc1ccc2c(c1)[S+]([O-])c1nccnc1N2C. The molecule has 0 radical (unpaired) electrons. The first-order valence-corrected chi connectivity index (χ1v) is 6.52. The standard InChI is InChI=1S/C12H11N3O2S/c1-15-9-4-3-8(17-2)7-10(9)18(16)12-11(15)13-5-6-14-12/h3-7H,1-2H3. The van der Waals surface area contributed by atoms with Crippen molar-refractivity contribution in [1.82, 2.24) is 9.97 Å². The van der Waals surface area contributed by atoms with Gasteiger partial charge >= 0.3 is 0 Å². The quantitative estimate of drug-likeness (QED) is 0.732. The van der Waals surface area contributed by atoms with Gasteiger partial charge in [-0.05, 0) is 12.1 Å². The summed E-state index contributed by atoms with van der Waals surface area (Å²) in [5, 5.41) is 0.487. The lowest BCUT2D eigenvalue weighted by molar-refractivity contribution is 0.413. The van der Waals surface area contributed by atoms with E-state index in [1.807, 2.05) is 24.1 Å². The van der Waals surface area contributed by atoms with Crippen molar-refractivity contribution in [3.63, 3.8) is 0 Å². The Hall–Kier alpha value is -1.79. The van der Waals surface area contributed by atoms with E-state index in [1.54, 1.807) is 25.6 Å². The van der Waals surface area contributed by atoms with E-state index in [4.69, 9.17) is 4.74 Å². The number of rotatable bonds is 1. The molecule has 92 valence electrons. The molecule has 1 aromatic heterocycles. The van der Waals surface area contributed by atoms with E-state index in [0.29, 0.717) is 21.5 Å². The van der Waals surface area contributed by atoms with Gasteiger partial charge in [0.05, 0.1) is 30.2 Å². The molecule has 18 heavy (non-hydrogen) atoms. The number of benzene rings is 1. The van der Waals surface area contributed by atoms with Crippen molar-refractivity contribution in [1.29, 1.82) is 0 Å². The molecule has 1 atom stereocenters. The maximum absolute atomic E-state index is 12.4. The first-order chi connectivity index (χ1) is 8.72. The second-order valence-electron chi connectivity index (χ2n) is 3.85. The van der Waals surface area contributed by atoms with Gasteiger partial charge in [0, 0.05) is 19.3 Å². The Labute approximate surface area is 108 Å². The molecule has 0 saturated heterocycles. The van der Waals surface area contributed by atoms with E-state index in [-0.39, 0.29) is 0 Å². The Morgan fingerprint density at radius 1 is 1.28 bits per heavy atom. The number of hydrogen-bond acceptors (Lipinski definition) is 5. The van der Waals surface area contributed by atoms with Crippen LogP contribution >= 0.6 is 0 Å². The monoisotopic (exact) mass is 261 g/mol. The molecule has 0 N–H and O–H groups in total. The summed E-state index contributed by atoms with van der Waals surface area (Å²) in [7, 11) is 3.47. The Bertz CT molecular complexity index is 606. The highest BCUT2D eigenvalue weighted by atomic mass is 32.2. The average molecular weight is 261 g/mol. The predicted octanol–water partition coefficient (Wildman–Crippen LogP) is 1.73. The first kappa shape index (κ1) is 11.3. The number of nitrogens with zero attached hydrogens (tertiary/aromatic N) is 3. The molecule has 5 nitrogen and oxygen atoms in total. The van der Waals surface area contributed by atoms with Crippen molar-refractivity contribution in [3.05, 3.63) is 30.6 Å². The van der Waals surface area contributed by atoms with Crippen LogP contribution in [0.2, 0.25) is 0 Å². The Kier molecular flexibility index (Phi) is 2.61. The third kappa shape index (κ3) is 1.53. The van der Waals surface area contributed by atoms with Crippen molar-refractivity contribution in [2.24, 2.45) is 0 Å². The summed E-state index contributed by atoms with van der Waals surface area (Å²) >= 11 is -1.32. The minimum Gasteiger partial charge on any atom is -0.605 e. The number of fused-ring (bicyclic) bond motifs is 2. The fourth-order valence-electron chi connectivity index (χ4n) is 1.94. The molecule has 0 saturated carbocycles. The number of anilines is 2. The highest BCUT2D eigenvalue weighted by Gasteiger charge is 2.34. The highest BCUT2D eigenvalue weighted by molar-refractivity contribution is 7.91. The summed E-state index contributed by atoms with van der Waals surface area (Å²) in [5.74, 6) is 1.32. The Morgan fingerprint density at radius 3 is 2.83 bits per heavy atom. The summed E-state index contributed by atoms with van der Waals surface area (Å²) in [6.45, 7) is 0. The molecule has 0 fully saturated rings. The van der Waals surface area contributed by atoms with Crippen LogP contribution < -0.4 is 9.64 Å². The molecule has 2 aromatic rings. The van der Waals surface area contributed by atoms with Gasteiger partial charge in [0.25, 0.3) is 5.03 Å². The minimum atomic E-state index is -1.32. The molecule has 3 rings (SSSR count). The van der Waals surface area contributed by atoms with E-state index >= 15 is 0 Å². The van der Waals surface area contributed by atoms with Gasteiger partial charge in [-0.2, -0.15) is 0 Å². The smallest absolute Gasteiger partial charge is 0.293 e. The molecule has 1 aromatic carbocycles. The van der Waals surface area contributed by atoms with Crippen LogP contribution in [0.5, 0.6) is 5.75 Å². The zero-order chi connectivity index (χ0) is 12.7. The second kappa shape index (κ2) is 4.15. The first-order valence-electron chi connectivity index (χ1n) is 5.37. The van der Waals surface area contributed by atoms with Gasteiger partial charge < -0.3 is 14.2 Å². The van der Waals surface area contributed by atoms with Gasteiger partial charge in [0.2, 0.25) is 5.82 Å². The lowest BCUT2D eigenvalue weighted by atomic mass is 10.2. The third-order valence-corrected chi connectivity index (χ3v) is 4.23. The van der Waals surface area contributed by atoms with Crippen LogP contribution in [-0.2, 0) is 11.2 Å². The van der Waals surface area contributed by atoms with E-state index in [1.165, 1.54) is 0 Å². The lowest BCUT2D eigenvalue weighted by Crippen LogP contribution is -2.24. The van der Waals surface area contributed by atoms with Crippen LogP contribution in [0.25, 0.3) is 0 Å². The summed E-state index contributed by atoms with van der Waals surface area (Å²) < 4.78 is 17.6. The third-order valence-electron chi connectivity index (χ3n) is 2.87. The van der Waals surface area contributed by atoms with E-state index in [9.17, 15) is 4.55 Å². The minimum absolute atomic E-state index is 0.487. The van der Waals surface area contributed by atoms with Crippen molar-refractivity contribution >= 4 is 22.7 Å².